The molecule has 1 atom stereocenters. The molecule has 0 aliphatic carbocycles. The quantitative estimate of drug-likeness (QED) is 0.292. The summed E-state index contributed by atoms with van der Waals surface area (Å²) in [7, 11) is 1.37. The van der Waals surface area contributed by atoms with E-state index in [0.29, 0.717) is 19.1 Å². The van der Waals surface area contributed by atoms with E-state index in [1.54, 1.807) is 0 Å². The third-order valence-corrected chi connectivity index (χ3v) is 3.79. The van der Waals surface area contributed by atoms with Gasteiger partial charge in [0.2, 0.25) is 0 Å². The van der Waals surface area contributed by atoms with Crippen LogP contribution in [0.5, 0.6) is 0 Å². The van der Waals surface area contributed by atoms with E-state index in [1.165, 1.54) is 32.4 Å². The number of esters is 1. The van der Waals surface area contributed by atoms with Gasteiger partial charge in [0.15, 0.2) is 0 Å². The topological polar surface area (TPSA) is 70.0 Å². The summed E-state index contributed by atoms with van der Waals surface area (Å²) in [6.45, 7) is 3.63. The lowest BCUT2D eigenvalue weighted by Gasteiger charge is -2.31. The molecule has 0 bridgehead atoms. The molecule has 0 fully saturated rings. The Kier molecular flexibility index (Phi) is 14.4. The molecule has 0 amide bonds. The Morgan fingerprint density at radius 3 is 2.32 bits per heavy atom. The predicted octanol–water partition coefficient (Wildman–Crippen LogP) is 2.12. The highest BCUT2D eigenvalue weighted by atomic mass is 16.5. The fraction of sp³-hybridized carbons (Fsp3) is 0.824. The second-order valence-corrected chi connectivity index (χ2v) is 5.49. The lowest BCUT2D eigenvalue weighted by Crippen LogP contribution is -2.39. The molecule has 0 saturated carbocycles. The second kappa shape index (κ2) is 15.0. The Labute approximate surface area is 135 Å². The molecule has 2 N–H and O–H groups in total. The Morgan fingerprint density at radius 1 is 1.14 bits per heavy atom. The first-order valence-electron chi connectivity index (χ1n) is 8.39. The molecule has 0 radical (unpaired) electrons. The smallest absolute Gasteiger partial charge is 0.330 e. The normalized spacial score (nSPS) is 13.0. The van der Waals surface area contributed by atoms with Gasteiger partial charge >= 0.3 is 5.97 Å². The molecule has 0 aromatic carbocycles. The fourth-order valence-corrected chi connectivity index (χ4v) is 2.59. The first-order chi connectivity index (χ1) is 10.7. The summed E-state index contributed by atoms with van der Waals surface area (Å²) >= 11 is 0. The maximum atomic E-state index is 11.0. The number of nitrogens with zero attached hydrogens (tertiary/aromatic N) is 1. The van der Waals surface area contributed by atoms with Gasteiger partial charge in [-0.15, -0.1) is 0 Å². The van der Waals surface area contributed by atoms with E-state index >= 15 is 0 Å². The number of carbonyl (C=O) groups is 1. The Balaban J connectivity index is 4.31. The molecule has 0 aromatic heterocycles. The Bertz CT molecular complexity index is 288. The van der Waals surface area contributed by atoms with Crippen molar-refractivity contribution < 1.29 is 19.7 Å². The number of ether oxygens (including phenoxy) is 1. The zero-order chi connectivity index (χ0) is 16.6. The molecule has 0 saturated heterocycles. The Morgan fingerprint density at radius 2 is 1.77 bits per heavy atom. The van der Waals surface area contributed by atoms with Gasteiger partial charge in [-0.1, -0.05) is 32.3 Å². The van der Waals surface area contributed by atoms with Crippen LogP contribution < -0.4 is 0 Å². The summed E-state index contributed by atoms with van der Waals surface area (Å²) in [6.07, 6.45) is 10.8. The van der Waals surface area contributed by atoms with Crippen molar-refractivity contribution in [3.8, 4) is 0 Å². The van der Waals surface area contributed by atoms with Crippen molar-refractivity contribution in [3.05, 3.63) is 12.2 Å². The molecule has 5 heteroatoms. The lowest BCUT2D eigenvalue weighted by atomic mass is 10.0. The number of allylic oxidation sites excluding steroid dienone is 1. The standard InChI is InChI=1S/C17H33NO4/c1-3-4-6-9-16(18(12-14-19)13-15-20)10-7-5-8-11-17(21)22-2/h8,11,16,19-20H,3-7,9-10,12-15H2,1-2H3/b11-8+. The second-order valence-electron chi connectivity index (χ2n) is 5.49. The van der Waals surface area contributed by atoms with Crippen LogP contribution in [0.1, 0.15) is 51.9 Å². The summed E-state index contributed by atoms with van der Waals surface area (Å²) in [5.41, 5.74) is 0. The number of carbonyl (C=O) groups excluding carboxylic acids is 1. The van der Waals surface area contributed by atoms with Crippen LogP contribution >= 0.6 is 0 Å². The van der Waals surface area contributed by atoms with Crippen LogP contribution in [-0.4, -0.2) is 60.5 Å². The van der Waals surface area contributed by atoms with E-state index in [0.717, 1.165) is 25.7 Å². The van der Waals surface area contributed by atoms with Gasteiger partial charge in [0.1, 0.15) is 0 Å². The monoisotopic (exact) mass is 315 g/mol. The minimum absolute atomic E-state index is 0.118. The van der Waals surface area contributed by atoms with Gasteiger partial charge < -0.3 is 14.9 Å². The van der Waals surface area contributed by atoms with Crippen molar-refractivity contribution in [3.63, 3.8) is 0 Å². The summed E-state index contributed by atoms with van der Waals surface area (Å²) < 4.78 is 4.56. The molecule has 0 heterocycles. The van der Waals surface area contributed by atoms with Crippen molar-refractivity contribution >= 4 is 5.97 Å². The average molecular weight is 315 g/mol. The maximum absolute atomic E-state index is 11.0. The van der Waals surface area contributed by atoms with Crippen molar-refractivity contribution in [1.29, 1.82) is 0 Å². The molecule has 0 aliphatic heterocycles. The highest BCUT2D eigenvalue weighted by Gasteiger charge is 2.16. The predicted molar refractivity (Wildman–Crippen MR) is 88.7 cm³/mol. The molecule has 1 unspecified atom stereocenters. The van der Waals surface area contributed by atoms with Crippen molar-refractivity contribution in [2.45, 2.75) is 57.9 Å². The van der Waals surface area contributed by atoms with Crippen LogP contribution in [0.2, 0.25) is 0 Å². The number of methoxy groups -OCH3 is 1. The number of aliphatic hydroxyl groups is 2. The van der Waals surface area contributed by atoms with Crippen LogP contribution in [0.3, 0.4) is 0 Å². The summed E-state index contributed by atoms with van der Waals surface area (Å²) in [5, 5.41) is 18.4. The molecule has 0 aromatic rings. The van der Waals surface area contributed by atoms with E-state index in [9.17, 15) is 15.0 Å². The zero-order valence-corrected chi connectivity index (χ0v) is 14.2. The van der Waals surface area contributed by atoms with Crippen LogP contribution in [0.15, 0.2) is 12.2 Å². The molecule has 5 nitrogen and oxygen atoms in total. The van der Waals surface area contributed by atoms with Gasteiger partial charge in [-0.3, -0.25) is 4.90 Å². The minimum atomic E-state index is -0.318. The van der Waals surface area contributed by atoms with E-state index in [2.05, 4.69) is 16.6 Å². The minimum Gasteiger partial charge on any atom is -0.466 e. The van der Waals surface area contributed by atoms with Crippen LogP contribution in [0.25, 0.3) is 0 Å². The van der Waals surface area contributed by atoms with Crippen molar-refractivity contribution in [2.75, 3.05) is 33.4 Å². The SMILES string of the molecule is CCCCCC(CCC/C=C/C(=O)OC)N(CCO)CCO. The zero-order valence-electron chi connectivity index (χ0n) is 14.2. The van der Waals surface area contributed by atoms with Gasteiger partial charge in [0.05, 0.1) is 20.3 Å². The molecular weight excluding hydrogens is 282 g/mol. The van der Waals surface area contributed by atoms with Crippen LogP contribution in [-0.2, 0) is 9.53 Å². The van der Waals surface area contributed by atoms with Gasteiger partial charge in [-0.05, 0) is 25.7 Å². The average Bonchev–Trinajstić information content (AvgIpc) is 2.52. The number of hydrogen-bond donors (Lipinski definition) is 2. The summed E-state index contributed by atoms with van der Waals surface area (Å²) in [4.78, 5) is 13.2. The van der Waals surface area contributed by atoms with Crippen molar-refractivity contribution in [1.82, 2.24) is 4.90 Å². The van der Waals surface area contributed by atoms with E-state index in [-0.39, 0.29) is 19.2 Å². The van der Waals surface area contributed by atoms with Crippen LogP contribution in [0.4, 0.5) is 0 Å². The summed E-state index contributed by atoms with van der Waals surface area (Å²) in [5.74, 6) is -0.318. The molecule has 22 heavy (non-hydrogen) atoms. The van der Waals surface area contributed by atoms with Gasteiger partial charge in [0.25, 0.3) is 0 Å². The molecule has 0 spiro atoms. The Hall–Kier alpha value is -0.910. The van der Waals surface area contributed by atoms with E-state index in [1.807, 2.05) is 6.08 Å². The maximum Gasteiger partial charge on any atom is 0.330 e. The van der Waals surface area contributed by atoms with Gasteiger partial charge in [0, 0.05) is 25.2 Å². The number of rotatable bonds is 14. The first kappa shape index (κ1) is 21.1. The molecule has 0 aliphatic rings. The van der Waals surface area contributed by atoms with Crippen LogP contribution in [0, 0.1) is 0 Å². The highest BCUT2D eigenvalue weighted by molar-refractivity contribution is 5.81. The molecular formula is C17H33NO4. The highest BCUT2D eigenvalue weighted by Crippen LogP contribution is 2.16. The number of aliphatic hydroxyl groups excluding tert-OH is 2. The first-order valence-corrected chi connectivity index (χ1v) is 8.39. The third-order valence-electron chi connectivity index (χ3n) is 3.79. The van der Waals surface area contributed by atoms with E-state index in [4.69, 9.17) is 0 Å². The molecule has 130 valence electrons. The third kappa shape index (κ3) is 10.8. The van der Waals surface area contributed by atoms with Gasteiger partial charge in [-0.25, -0.2) is 4.79 Å². The number of unbranched alkanes of at least 4 members (excludes halogenated alkanes) is 3. The molecule has 0 rings (SSSR count). The lowest BCUT2D eigenvalue weighted by molar-refractivity contribution is -0.134. The van der Waals surface area contributed by atoms with Crippen molar-refractivity contribution in [2.24, 2.45) is 0 Å². The summed E-state index contributed by atoms with van der Waals surface area (Å²) in [6, 6.07) is 0.386. The largest absolute Gasteiger partial charge is 0.466 e. The number of hydrogen-bond acceptors (Lipinski definition) is 5. The fourth-order valence-electron chi connectivity index (χ4n) is 2.59. The van der Waals surface area contributed by atoms with E-state index < -0.39 is 0 Å². The van der Waals surface area contributed by atoms with Gasteiger partial charge in [-0.2, -0.15) is 0 Å².